The minimum atomic E-state index is -1.32. The molecule has 1 aromatic heterocycles. The highest BCUT2D eigenvalue weighted by Crippen LogP contribution is 2.00. The summed E-state index contributed by atoms with van der Waals surface area (Å²) in [6.45, 7) is 1.15. The minimum Gasteiger partial charge on any atom is -0.480 e. The third-order valence-electron chi connectivity index (χ3n) is 1.89. The van der Waals surface area contributed by atoms with Crippen LogP contribution in [0.1, 0.15) is 11.5 Å². The molecule has 0 saturated heterocycles. The number of aromatic nitrogens is 1. The number of aliphatic hydroxyl groups excluding tert-OH is 1. The largest absolute Gasteiger partial charge is 0.480 e. The second-order valence-corrected chi connectivity index (χ2v) is 3.33. The predicted octanol–water partition coefficient (Wildman–Crippen LogP) is -0.772. The third kappa shape index (κ3) is 4.11. The lowest BCUT2D eigenvalue weighted by molar-refractivity contribution is -0.140. The zero-order valence-electron chi connectivity index (χ0n) is 9.14. The van der Waals surface area contributed by atoms with E-state index in [1.54, 1.807) is 13.0 Å². The van der Waals surface area contributed by atoms with Crippen LogP contribution in [0, 0.1) is 6.92 Å². The van der Waals surface area contributed by atoms with Gasteiger partial charge in [-0.25, -0.2) is 9.59 Å². The summed E-state index contributed by atoms with van der Waals surface area (Å²) in [6.07, 6.45) is 0. The quantitative estimate of drug-likeness (QED) is 0.538. The van der Waals surface area contributed by atoms with E-state index >= 15 is 0 Å². The molecule has 0 saturated carbocycles. The Balaban J connectivity index is 2.37. The van der Waals surface area contributed by atoms with E-state index in [1.807, 2.05) is 0 Å². The summed E-state index contributed by atoms with van der Waals surface area (Å²) in [5.41, 5.74) is 0.522. The van der Waals surface area contributed by atoms with E-state index in [2.05, 4.69) is 15.8 Å². The number of rotatable bonds is 5. The normalized spacial score (nSPS) is 11.9. The van der Waals surface area contributed by atoms with Gasteiger partial charge in [0.2, 0.25) is 0 Å². The van der Waals surface area contributed by atoms with Gasteiger partial charge in [0.25, 0.3) is 0 Å². The van der Waals surface area contributed by atoms with Gasteiger partial charge in [-0.2, -0.15) is 0 Å². The Morgan fingerprint density at radius 2 is 2.29 bits per heavy atom. The molecule has 1 aromatic rings. The van der Waals surface area contributed by atoms with Crippen LogP contribution < -0.4 is 10.6 Å². The van der Waals surface area contributed by atoms with E-state index in [4.69, 9.17) is 14.7 Å². The van der Waals surface area contributed by atoms with Crippen LogP contribution in [0.25, 0.3) is 0 Å². The van der Waals surface area contributed by atoms with Crippen molar-refractivity contribution < 1.29 is 24.3 Å². The van der Waals surface area contributed by atoms with Crippen molar-refractivity contribution in [2.75, 3.05) is 6.61 Å². The molecule has 0 bridgehead atoms. The van der Waals surface area contributed by atoms with E-state index in [-0.39, 0.29) is 6.54 Å². The number of nitrogens with one attached hydrogen (secondary N) is 2. The van der Waals surface area contributed by atoms with E-state index in [9.17, 15) is 9.59 Å². The molecule has 1 atom stereocenters. The third-order valence-corrected chi connectivity index (χ3v) is 1.89. The molecule has 0 aromatic carbocycles. The van der Waals surface area contributed by atoms with Crippen LogP contribution in [0.2, 0.25) is 0 Å². The van der Waals surface area contributed by atoms with Crippen LogP contribution >= 0.6 is 0 Å². The Hall–Kier alpha value is -2.09. The average Bonchev–Trinajstić information content (AvgIpc) is 2.68. The van der Waals surface area contributed by atoms with Gasteiger partial charge in [0, 0.05) is 6.07 Å². The van der Waals surface area contributed by atoms with Gasteiger partial charge < -0.3 is 25.4 Å². The number of nitrogens with zero attached hydrogens (tertiary/aromatic N) is 1. The van der Waals surface area contributed by atoms with Gasteiger partial charge >= 0.3 is 12.0 Å². The molecule has 0 fully saturated rings. The summed E-state index contributed by atoms with van der Waals surface area (Å²) in [6, 6.07) is -0.387. The van der Waals surface area contributed by atoms with Crippen LogP contribution in [0.15, 0.2) is 10.6 Å². The monoisotopic (exact) mass is 243 g/mol. The Labute approximate surface area is 96.6 Å². The van der Waals surface area contributed by atoms with Crippen LogP contribution in [0.4, 0.5) is 4.79 Å². The van der Waals surface area contributed by atoms with Crippen molar-refractivity contribution in [3.8, 4) is 0 Å². The molecule has 17 heavy (non-hydrogen) atoms. The summed E-state index contributed by atoms with van der Waals surface area (Å²) in [7, 11) is 0. The second-order valence-electron chi connectivity index (χ2n) is 3.33. The molecule has 8 nitrogen and oxygen atoms in total. The lowest BCUT2D eigenvalue weighted by atomic mass is 10.3. The highest BCUT2D eigenvalue weighted by Gasteiger charge is 2.18. The van der Waals surface area contributed by atoms with Crippen molar-refractivity contribution >= 4 is 12.0 Å². The molecule has 1 rings (SSSR count). The molecular formula is C9H13N3O5. The first kappa shape index (κ1) is 13.0. The Morgan fingerprint density at radius 3 is 2.76 bits per heavy atom. The molecule has 8 heteroatoms. The highest BCUT2D eigenvalue weighted by molar-refractivity contribution is 5.82. The zero-order chi connectivity index (χ0) is 12.8. The van der Waals surface area contributed by atoms with Crippen LogP contribution in [0.3, 0.4) is 0 Å². The summed E-state index contributed by atoms with van der Waals surface area (Å²) in [5, 5.41) is 25.4. The van der Waals surface area contributed by atoms with Gasteiger partial charge in [0.05, 0.1) is 13.2 Å². The Bertz CT molecular complexity index is 403. The van der Waals surface area contributed by atoms with Gasteiger partial charge in [-0.05, 0) is 6.92 Å². The number of amides is 2. The Kier molecular flexibility index (Phi) is 4.46. The summed E-state index contributed by atoms with van der Waals surface area (Å²) in [5.74, 6) is -0.694. The van der Waals surface area contributed by atoms with Gasteiger partial charge in [-0.1, -0.05) is 5.16 Å². The SMILES string of the molecule is Cc1cc(CNC(=O)NC(CO)C(=O)O)no1. The maximum atomic E-state index is 11.2. The molecule has 1 heterocycles. The number of aliphatic carboxylic acids is 1. The van der Waals surface area contributed by atoms with Crippen molar-refractivity contribution in [3.05, 3.63) is 17.5 Å². The van der Waals surface area contributed by atoms with Gasteiger partial charge in [-0.3, -0.25) is 0 Å². The fourth-order valence-electron chi connectivity index (χ4n) is 1.07. The molecule has 1 unspecified atom stereocenters. The van der Waals surface area contributed by atoms with Gasteiger partial charge in [-0.15, -0.1) is 0 Å². The fraction of sp³-hybridized carbons (Fsp3) is 0.444. The van der Waals surface area contributed by atoms with Gasteiger partial charge in [0.1, 0.15) is 11.5 Å². The molecule has 0 aliphatic heterocycles. The summed E-state index contributed by atoms with van der Waals surface area (Å²) in [4.78, 5) is 21.8. The highest BCUT2D eigenvalue weighted by atomic mass is 16.5. The van der Waals surface area contributed by atoms with E-state index < -0.39 is 24.6 Å². The van der Waals surface area contributed by atoms with Crippen molar-refractivity contribution in [1.82, 2.24) is 15.8 Å². The maximum absolute atomic E-state index is 11.2. The number of aliphatic hydroxyl groups is 1. The molecule has 2 amide bonds. The van der Waals surface area contributed by atoms with Crippen LogP contribution in [-0.4, -0.2) is 40.0 Å². The first-order valence-electron chi connectivity index (χ1n) is 4.83. The van der Waals surface area contributed by atoms with Crippen LogP contribution in [0.5, 0.6) is 0 Å². The molecule has 0 aliphatic carbocycles. The van der Waals surface area contributed by atoms with Crippen molar-refractivity contribution in [2.24, 2.45) is 0 Å². The first-order valence-corrected chi connectivity index (χ1v) is 4.83. The summed E-state index contributed by atoms with van der Waals surface area (Å²) < 4.78 is 4.78. The first-order chi connectivity index (χ1) is 8.02. The van der Waals surface area contributed by atoms with Crippen molar-refractivity contribution in [1.29, 1.82) is 0 Å². The summed E-state index contributed by atoms with van der Waals surface area (Å²) >= 11 is 0. The number of hydrogen-bond acceptors (Lipinski definition) is 5. The second kappa shape index (κ2) is 5.85. The number of carbonyl (C=O) groups excluding carboxylic acids is 1. The predicted molar refractivity (Wildman–Crippen MR) is 55.1 cm³/mol. The standard InChI is InChI=1S/C9H13N3O5/c1-5-2-6(12-17-5)3-10-9(16)11-7(4-13)8(14)15/h2,7,13H,3-4H2,1H3,(H,14,15)(H2,10,11,16). The zero-order valence-corrected chi connectivity index (χ0v) is 9.14. The molecule has 0 aliphatic rings. The molecule has 0 radical (unpaired) electrons. The van der Waals surface area contributed by atoms with E-state index in [0.29, 0.717) is 11.5 Å². The Morgan fingerprint density at radius 1 is 1.59 bits per heavy atom. The number of carbonyl (C=O) groups is 2. The lowest BCUT2D eigenvalue weighted by Gasteiger charge is -2.11. The number of carboxylic acids is 1. The average molecular weight is 243 g/mol. The number of carboxylic acid groups (broad SMARTS) is 1. The van der Waals surface area contributed by atoms with E-state index in [0.717, 1.165) is 0 Å². The van der Waals surface area contributed by atoms with Gasteiger partial charge in [0.15, 0.2) is 6.04 Å². The molecule has 0 spiro atoms. The number of urea groups is 1. The minimum absolute atomic E-state index is 0.112. The van der Waals surface area contributed by atoms with E-state index in [1.165, 1.54) is 0 Å². The maximum Gasteiger partial charge on any atom is 0.328 e. The number of hydrogen-bond donors (Lipinski definition) is 4. The van der Waals surface area contributed by atoms with Crippen LogP contribution in [-0.2, 0) is 11.3 Å². The van der Waals surface area contributed by atoms with Crippen molar-refractivity contribution in [2.45, 2.75) is 19.5 Å². The number of aryl methyl sites for hydroxylation is 1. The topological polar surface area (TPSA) is 125 Å². The smallest absolute Gasteiger partial charge is 0.328 e. The van der Waals surface area contributed by atoms with Crippen molar-refractivity contribution in [3.63, 3.8) is 0 Å². The molecule has 94 valence electrons. The fourth-order valence-corrected chi connectivity index (χ4v) is 1.07. The lowest BCUT2D eigenvalue weighted by Crippen LogP contribution is -2.47. The molecular weight excluding hydrogens is 230 g/mol. The molecule has 4 N–H and O–H groups in total.